The van der Waals surface area contributed by atoms with Crippen molar-refractivity contribution in [3.8, 4) is 0 Å². The van der Waals surface area contributed by atoms with Crippen molar-refractivity contribution >= 4 is 11.4 Å². The van der Waals surface area contributed by atoms with Crippen LogP contribution in [-0.2, 0) is 0 Å². The number of pyridine rings is 1. The van der Waals surface area contributed by atoms with E-state index in [9.17, 15) is 17.6 Å². The highest BCUT2D eigenvalue weighted by Crippen LogP contribution is 2.32. The van der Waals surface area contributed by atoms with Crippen molar-refractivity contribution in [1.82, 2.24) is 4.98 Å². The highest BCUT2D eigenvalue weighted by atomic mass is 19.2. The minimum absolute atomic E-state index is 0.186. The summed E-state index contributed by atoms with van der Waals surface area (Å²) in [5.41, 5.74) is 1.98. The molecule has 0 radical (unpaired) electrons. The van der Waals surface area contributed by atoms with Crippen LogP contribution < -0.4 is 5.43 Å². The molecule has 22 heavy (non-hydrogen) atoms. The van der Waals surface area contributed by atoms with E-state index in [0.29, 0.717) is 18.3 Å². The second-order valence-electron chi connectivity index (χ2n) is 6.15. The number of halogens is 4. The molecule has 0 aliphatic heterocycles. The predicted molar refractivity (Wildman–Crippen MR) is 76.5 cm³/mol. The van der Waals surface area contributed by atoms with Crippen LogP contribution in [0.25, 0.3) is 0 Å². The van der Waals surface area contributed by atoms with Gasteiger partial charge in [0, 0.05) is 11.6 Å². The summed E-state index contributed by atoms with van der Waals surface area (Å²) in [6.45, 7) is 6.16. The van der Waals surface area contributed by atoms with Crippen LogP contribution >= 0.6 is 0 Å². The Morgan fingerprint density at radius 2 is 1.68 bits per heavy atom. The Morgan fingerprint density at radius 3 is 2.23 bits per heavy atom. The SMILES string of the molecule is CC(C)[C@@H]1CC[C@H](C)C/C1=N/Nc1c(F)c(F)nc(F)c1F. The standard InChI is InChI=1S/C15H19F4N3/c1-7(2)9-5-4-8(3)6-10(9)21-22-13-11(16)14(18)20-15(19)12(13)17/h7-9H,4-6H2,1-3H3,(H,20,22)/b21-10-/t8-,9-/m0/s1. The fourth-order valence-electron chi connectivity index (χ4n) is 2.80. The lowest BCUT2D eigenvalue weighted by Gasteiger charge is -2.30. The van der Waals surface area contributed by atoms with E-state index in [2.05, 4.69) is 22.4 Å². The molecule has 1 aliphatic rings. The van der Waals surface area contributed by atoms with Crippen LogP contribution in [0.1, 0.15) is 40.0 Å². The van der Waals surface area contributed by atoms with E-state index in [4.69, 9.17) is 0 Å². The molecule has 0 spiro atoms. The second-order valence-corrected chi connectivity index (χ2v) is 6.15. The largest absolute Gasteiger partial charge is 0.272 e. The van der Waals surface area contributed by atoms with Gasteiger partial charge in [-0.05, 0) is 31.1 Å². The monoisotopic (exact) mass is 317 g/mol. The smallest absolute Gasteiger partial charge is 0.254 e. The average molecular weight is 317 g/mol. The van der Waals surface area contributed by atoms with Gasteiger partial charge in [-0.25, -0.2) is 0 Å². The summed E-state index contributed by atoms with van der Waals surface area (Å²) >= 11 is 0. The van der Waals surface area contributed by atoms with Crippen molar-refractivity contribution in [1.29, 1.82) is 0 Å². The van der Waals surface area contributed by atoms with Gasteiger partial charge in [0.25, 0.3) is 11.9 Å². The molecule has 1 aliphatic carbocycles. The van der Waals surface area contributed by atoms with Gasteiger partial charge in [0.15, 0.2) is 0 Å². The molecule has 122 valence electrons. The summed E-state index contributed by atoms with van der Waals surface area (Å²) in [4.78, 5) is 2.51. The fourth-order valence-corrected chi connectivity index (χ4v) is 2.80. The Labute approximate surface area is 126 Å². The third-order valence-corrected chi connectivity index (χ3v) is 4.07. The molecule has 1 saturated carbocycles. The van der Waals surface area contributed by atoms with Gasteiger partial charge in [-0.2, -0.15) is 27.6 Å². The molecule has 3 nitrogen and oxygen atoms in total. The second kappa shape index (κ2) is 6.62. The van der Waals surface area contributed by atoms with Crippen LogP contribution in [0.3, 0.4) is 0 Å². The maximum atomic E-state index is 13.6. The van der Waals surface area contributed by atoms with Crippen molar-refractivity contribution in [2.45, 2.75) is 40.0 Å². The van der Waals surface area contributed by atoms with E-state index in [1.54, 1.807) is 0 Å². The molecule has 2 atom stereocenters. The molecule has 1 heterocycles. The van der Waals surface area contributed by atoms with Crippen LogP contribution in [0, 0.1) is 41.3 Å². The van der Waals surface area contributed by atoms with E-state index in [-0.39, 0.29) is 5.92 Å². The molecule has 2 rings (SSSR count). The summed E-state index contributed by atoms with van der Waals surface area (Å²) in [5, 5.41) is 4.04. The van der Waals surface area contributed by atoms with Crippen molar-refractivity contribution in [3.05, 3.63) is 23.5 Å². The van der Waals surface area contributed by atoms with Crippen molar-refractivity contribution in [2.24, 2.45) is 22.9 Å². The summed E-state index contributed by atoms with van der Waals surface area (Å²) in [5.74, 6) is -5.62. The van der Waals surface area contributed by atoms with Gasteiger partial charge in [-0.3, -0.25) is 5.43 Å². The minimum Gasteiger partial charge on any atom is -0.272 e. The molecule has 7 heteroatoms. The molecular formula is C15H19F4N3. The zero-order valence-electron chi connectivity index (χ0n) is 12.8. The maximum Gasteiger partial charge on any atom is 0.254 e. The Bertz CT molecular complexity index is 560. The Balaban J connectivity index is 2.30. The molecule has 0 amide bonds. The molecule has 1 N–H and O–H groups in total. The number of anilines is 1. The average Bonchev–Trinajstić information content (AvgIpc) is 2.45. The quantitative estimate of drug-likeness (QED) is 0.506. The first kappa shape index (κ1) is 16.7. The lowest BCUT2D eigenvalue weighted by atomic mass is 9.76. The predicted octanol–water partition coefficient (Wildman–Crippen LogP) is 4.50. The summed E-state index contributed by atoms with van der Waals surface area (Å²) < 4.78 is 53.2. The normalized spacial score (nSPS) is 24.1. The van der Waals surface area contributed by atoms with Crippen LogP contribution in [0.5, 0.6) is 0 Å². The van der Waals surface area contributed by atoms with Crippen LogP contribution in [0.2, 0.25) is 0 Å². The summed E-state index contributed by atoms with van der Waals surface area (Å²) in [6, 6.07) is 0. The molecule has 0 bridgehead atoms. The van der Waals surface area contributed by atoms with Gasteiger partial charge >= 0.3 is 0 Å². The van der Waals surface area contributed by atoms with Crippen molar-refractivity contribution in [2.75, 3.05) is 5.43 Å². The van der Waals surface area contributed by atoms with Crippen LogP contribution in [0.4, 0.5) is 23.2 Å². The Morgan fingerprint density at radius 1 is 1.09 bits per heavy atom. The lowest BCUT2D eigenvalue weighted by molar-refractivity contribution is 0.364. The number of hydrogen-bond acceptors (Lipinski definition) is 3. The van der Waals surface area contributed by atoms with Crippen LogP contribution in [0.15, 0.2) is 5.10 Å². The third-order valence-electron chi connectivity index (χ3n) is 4.07. The Kier molecular flexibility index (Phi) is 5.03. The topological polar surface area (TPSA) is 37.3 Å². The lowest BCUT2D eigenvalue weighted by Crippen LogP contribution is -2.28. The molecule has 0 saturated heterocycles. The van der Waals surface area contributed by atoms with Crippen molar-refractivity contribution < 1.29 is 17.6 Å². The minimum atomic E-state index is -1.70. The van der Waals surface area contributed by atoms with Crippen LogP contribution in [-0.4, -0.2) is 10.7 Å². The molecule has 1 aromatic rings. The first-order valence-corrected chi connectivity index (χ1v) is 7.33. The fraction of sp³-hybridized carbons (Fsp3) is 0.600. The van der Waals surface area contributed by atoms with E-state index in [1.807, 2.05) is 13.8 Å². The zero-order valence-corrected chi connectivity index (χ0v) is 12.8. The number of hydrogen-bond donors (Lipinski definition) is 1. The number of rotatable bonds is 3. The molecule has 0 unspecified atom stereocenters. The zero-order chi connectivity index (χ0) is 16.4. The highest BCUT2D eigenvalue weighted by molar-refractivity contribution is 5.88. The van der Waals surface area contributed by atoms with Gasteiger partial charge in [0.2, 0.25) is 11.6 Å². The van der Waals surface area contributed by atoms with Gasteiger partial charge < -0.3 is 0 Å². The third kappa shape index (κ3) is 3.39. The maximum absolute atomic E-state index is 13.6. The van der Waals surface area contributed by atoms with E-state index < -0.39 is 29.2 Å². The van der Waals surface area contributed by atoms with Gasteiger partial charge in [-0.1, -0.05) is 20.8 Å². The van der Waals surface area contributed by atoms with Gasteiger partial charge in [-0.15, -0.1) is 0 Å². The summed E-state index contributed by atoms with van der Waals surface area (Å²) in [7, 11) is 0. The van der Waals surface area contributed by atoms with Crippen molar-refractivity contribution in [3.63, 3.8) is 0 Å². The molecule has 0 aromatic carbocycles. The van der Waals surface area contributed by atoms with E-state index in [1.165, 1.54) is 0 Å². The first-order valence-electron chi connectivity index (χ1n) is 7.33. The van der Waals surface area contributed by atoms with E-state index >= 15 is 0 Å². The number of aromatic nitrogens is 1. The van der Waals surface area contributed by atoms with Gasteiger partial charge in [0.1, 0.15) is 5.69 Å². The summed E-state index contributed by atoms with van der Waals surface area (Å²) in [6.07, 6.45) is 2.68. The Hall–Kier alpha value is -1.66. The number of nitrogens with one attached hydrogen (secondary N) is 1. The number of nitrogens with zero attached hydrogens (tertiary/aromatic N) is 2. The highest BCUT2D eigenvalue weighted by Gasteiger charge is 2.28. The molecular weight excluding hydrogens is 298 g/mol. The molecule has 1 aromatic heterocycles. The molecule has 1 fully saturated rings. The first-order chi connectivity index (χ1) is 10.3. The van der Waals surface area contributed by atoms with E-state index in [0.717, 1.165) is 18.6 Å². The number of hydrazone groups is 1. The van der Waals surface area contributed by atoms with Gasteiger partial charge in [0.05, 0.1) is 0 Å².